The van der Waals surface area contributed by atoms with Crippen molar-refractivity contribution in [2.24, 2.45) is 0 Å². The first-order valence-electron chi connectivity index (χ1n) is 4.91. The van der Waals surface area contributed by atoms with Gasteiger partial charge in [0.25, 0.3) is 5.56 Å². The first-order valence-corrected chi connectivity index (χ1v) is 4.91. The summed E-state index contributed by atoms with van der Waals surface area (Å²) in [5, 5.41) is 18.5. The van der Waals surface area contributed by atoms with Crippen molar-refractivity contribution < 1.29 is 14.9 Å². The van der Waals surface area contributed by atoms with E-state index in [0.717, 1.165) is 0 Å². The number of aliphatic hydroxyl groups excluding tert-OH is 2. The molecular weight excluding hydrogens is 214 g/mol. The SMILES string of the molecule is Nc1nc(=O)ccn1C1CC(O)C(CO)O1. The van der Waals surface area contributed by atoms with Crippen molar-refractivity contribution in [3.8, 4) is 0 Å². The van der Waals surface area contributed by atoms with E-state index in [1.54, 1.807) is 0 Å². The van der Waals surface area contributed by atoms with Crippen LogP contribution in [-0.4, -0.2) is 38.6 Å². The van der Waals surface area contributed by atoms with Gasteiger partial charge in [0.2, 0.25) is 5.95 Å². The maximum Gasteiger partial charge on any atom is 0.274 e. The van der Waals surface area contributed by atoms with Crippen LogP contribution < -0.4 is 11.3 Å². The van der Waals surface area contributed by atoms with Crippen LogP contribution in [0.4, 0.5) is 5.95 Å². The Balaban J connectivity index is 2.23. The molecule has 16 heavy (non-hydrogen) atoms. The van der Waals surface area contributed by atoms with Crippen molar-refractivity contribution in [2.75, 3.05) is 12.3 Å². The summed E-state index contributed by atoms with van der Waals surface area (Å²) < 4.78 is 6.83. The monoisotopic (exact) mass is 227 g/mol. The lowest BCUT2D eigenvalue weighted by molar-refractivity contribution is -0.0440. The molecule has 7 nitrogen and oxygen atoms in total. The van der Waals surface area contributed by atoms with E-state index in [4.69, 9.17) is 15.6 Å². The highest BCUT2D eigenvalue weighted by Crippen LogP contribution is 2.29. The van der Waals surface area contributed by atoms with E-state index in [9.17, 15) is 9.90 Å². The molecular formula is C9H13N3O4. The fraction of sp³-hybridized carbons (Fsp3) is 0.556. The fourth-order valence-electron chi connectivity index (χ4n) is 1.72. The lowest BCUT2D eigenvalue weighted by atomic mass is 10.2. The first kappa shape index (κ1) is 11.1. The Kier molecular flexibility index (Phi) is 2.90. The van der Waals surface area contributed by atoms with Crippen molar-refractivity contribution in [3.05, 3.63) is 22.6 Å². The normalized spacial score (nSPS) is 29.5. The summed E-state index contributed by atoms with van der Waals surface area (Å²) in [6.07, 6.45) is -0.0974. The summed E-state index contributed by atoms with van der Waals surface area (Å²) in [5.74, 6) is 0.0308. The van der Waals surface area contributed by atoms with Gasteiger partial charge >= 0.3 is 0 Å². The minimum Gasteiger partial charge on any atom is -0.394 e. The van der Waals surface area contributed by atoms with Gasteiger partial charge in [0, 0.05) is 18.7 Å². The van der Waals surface area contributed by atoms with Crippen LogP contribution in [0.25, 0.3) is 0 Å². The van der Waals surface area contributed by atoms with E-state index >= 15 is 0 Å². The molecule has 1 aliphatic heterocycles. The highest BCUT2D eigenvalue weighted by Gasteiger charge is 2.34. The third-order valence-corrected chi connectivity index (χ3v) is 2.56. The Hall–Kier alpha value is -1.44. The topological polar surface area (TPSA) is 111 Å². The molecule has 1 aromatic rings. The third-order valence-electron chi connectivity index (χ3n) is 2.56. The van der Waals surface area contributed by atoms with Gasteiger partial charge in [-0.25, -0.2) is 0 Å². The summed E-state index contributed by atoms with van der Waals surface area (Å²) in [5.41, 5.74) is 5.14. The Labute approximate surface area is 91.1 Å². The van der Waals surface area contributed by atoms with Crippen LogP contribution in [0.15, 0.2) is 17.1 Å². The summed E-state index contributed by atoms with van der Waals surface area (Å²) in [4.78, 5) is 14.5. The third kappa shape index (κ3) is 1.92. The highest BCUT2D eigenvalue weighted by molar-refractivity contribution is 5.17. The van der Waals surface area contributed by atoms with Crippen LogP contribution in [0.1, 0.15) is 12.6 Å². The molecule has 1 aliphatic rings. The minimum absolute atomic E-state index is 0.0308. The highest BCUT2D eigenvalue weighted by atomic mass is 16.5. The number of aliphatic hydroxyl groups is 2. The molecule has 3 atom stereocenters. The standard InChI is InChI=1S/C9H13N3O4/c10-9-11-7(15)1-2-12(9)8-3-5(14)6(4-13)16-8/h1-2,5-6,8,13-14H,3-4H2,(H2,10,11,15). The summed E-state index contributed by atoms with van der Waals surface area (Å²) in [6, 6.07) is 1.26. The lowest BCUT2D eigenvalue weighted by Gasteiger charge is -2.16. The number of hydrogen-bond donors (Lipinski definition) is 3. The summed E-state index contributed by atoms with van der Waals surface area (Å²) in [7, 11) is 0. The van der Waals surface area contributed by atoms with E-state index in [-0.39, 0.29) is 12.6 Å². The Morgan fingerprint density at radius 2 is 2.44 bits per heavy atom. The van der Waals surface area contributed by atoms with E-state index in [1.807, 2.05) is 0 Å². The second kappa shape index (κ2) is 4.20. The van der Waals surface area contributed by atoms with Crippen molar-refractivity contribution in [1.29, 1.82) is 0 Å². The zero-order chi connectivity index (χ0) is 11.7. The van der Waals surface area contributed by atoms with Crippen LogP contribution in [0.2, 0.25) is 0 Å². The molecule has 0 aromatic carbocycles. The number of nitrogens with two attached hydrogens (primary N) is 1. The molecule has 0 amide bonds. The molecule has 0 bridgehead atoms. The number of anilines is 1. The molecule has 1 aromatic heterocycles. The van der Waals surface area contributed by atoms with Gasteiger partial charge in [0.15, 0.2) is 0 Å². The molecule has 4 N–H and O–H groups in total. The number of nitrogens with zero attached hydrogens (tertiary/aromatic N) is 2. The fourth-order valence-corrected chi connectivity index (χ4v) is 1.72. The lowest BCUT2D eigenvalue weighted by Crippen LogP contribution is -2.24. The van der Waals surface area contributed by atoms with Gasteiger partial charge < -0.3 is 20.7 Å². The zero-order valence-corrected chi connectivity index (χ0v) is 8.48. The Morgan fingerprint density at radius 3 is 3.00 bits per heavy atom. The molecule has 1 saturated heterocycles. The smallest absolute Gasteiger partial charge is 0.274 e. The van der Waals surface area contributed by atoms with Crippen LogP contribution in [0, 0.1) is 0 Å². The first-order chi connectivity index (χ1) is 7.61. The van der Waals surface area contributed by atoms with E-state index in [1.165, 1.54) is 16.8 Å². The number of aromatic nitrogens is 2. The van der Waals surface area contributed by atoms with Crippen LogP contribution in [-0.2, 0) is 4.74 Å². The quantitative estimate of drug-likeness (QED) is 0.565. The summed E-state index contributed by atoms with van der Waals surface area (Å²) in [6.45, 7) is -0.259. The van der Waals surface area contributed by atoms with Gasteiger partial charge in [-0.1, -0.05) is 0 Å². The maximum atomic E-state index is 10.9. The molecule has 0 radical (unpaired) electrons. The average Bonchev–Trinajstić information content (AvgIpc) is 2.59. The Morgan fingerprint density at radius 1 is 1.69 bits per heavy atom. The van der Waals surface area contributed by atoms with Gasteiger partial charge in [-0.15, -0.1) is 0 Å². The molecule has 3 unspecified atom stereocenters. The molecule has 2 rings (SSSR count). The molecule has 0 spiro atoms. The van der Waals surface area contributed by atoms with E-state index in [2.05, 4.69) is 4.98 Å². The molecule has 88 valence electrons. The van der Waals surface area contributed by atoms with Crippen LogP contribution >= 0.6 is 0 Å². The number of rotatable bonds is 2. The second-order valence-electron chi connectivity index (χ2n) is 3.65. The largest absolute Gasteiger partial charge is 0.394 e. The average molecular weight is 227 g/mol. The predicted octanol–water partition coefficient (Wildman–Crippen LogP) is -1.53. The second-order valence-corrected chi connectivity index (χ2v) is 3.65. The predicted molar refractivity (Wildman–Crippen MR) is 54.5 cm³/mol. The van der Waals surface area contributed by atoms with Gasteiger partial charge in [-0.3, -0.25) is 9.36 Å². The number of nitrogen functional groups attached to an aromatic ring is 1. The maximum absolute atomic E-state index is 10.9. The molecule has 2 heterocycles. The molecule has 0 saturated carbocycles. The minimum atomic E-state index is -0.742. The van der Waals surface area contributed by atoms with Crippen molar-refractivity contribution in [3.63, 3.8) is 0 Å². The van der Waals surface area contributed by atoms with E-state index in [0.29, 0.717) is 6.42 Å². The van der Waals surface area contributed by atoms with Crippen molar-refractivity contribution >= 4 is 5.95 Å². The molecule has 1 fully saturated rings. The van der Waals surface area contributed by atoms with Gasteiger partial charge in [0.1, 0.15) is 12.3 Å². The molecule has 0 aliphatic carbocycles. The van der Waals surface area contributed by atoms with E-state index < -0.39 is 24.0 Å². The van der Waals surface area contributed by atoms with Crippen LogP contribution in [0.5, 0.6) is 0 Å². The number of hydrogen-bond acceptors (Lipinski definition) is 6. The van der Waals surface area contributed by atoms with Gasteiger partial charge in [-0.05, 0) is 0 Å². The van der Waals surface area contributed by atoms with Crippen molar-refractivity contribution in [1.82, 2.24) is 9.55 Å². The Bertz CT molecular complexity index is 433. The molecule has 7 heteroatoms. The van der Waals surface area contributed by atoms with Gasteiger partial charge in [0.05, 0.1) is 12.7 Å². The van der Waals surface area contributed by atoms with Gasteiger partial charge in [-0.2, -0.15) is 4.98 Å². The van der Waals surface area contributed by atoms with Crippen molar-refractivity contribution in [2.45, 2.75) is 24.9 Å². The summed E-state index contributed by atoms with van der Waals surface area (Å²) >= 11 is 0. The van der Waals surface area contributed by atoms with Crippen LogP contribution in [0.3, 0.4) is 0 Å². The number of ether oxygens (including phenoxy) is 1. The zero-order valence-electron chi connectivity index (χ0n) is 8.48.